The maximum atomic E-state index is 5.29. The fourth-order valence-electron chi connectivity index (χ4n) is 2.61. The average Bonchev–Trinajstić information content (AvgIpc) is 2.95. The van der Waals surface area contributed by atoms with Gasteiger partial charge in [-0.2, -0.15) is 0 Å². The number of aliphatic imine (C=N–C) groups is 1. The van der Waals surface area contributed by atoms with E-state index in [1.807, 2.05) is 24.4 Å². The first kappa shape index (κ1) is 17.3. The molecule has 2 rings (SSSR count). The molecule has 5 heteroatoms. The summed E-state index contributed by atoms with van der Waals surface area (Å²) in [6, 6.07) is 10.0. The lowest BCUT2D eigenvalue weighted by atomic mass is 10.3. The average molecular weight is 331 g/mol. The Balaban J connectivity index is 2.36. The molecule has 0 atom stereocenters. The zero-order chi connectivity index (χ0) is 17.0. The van der Waals surface area contributed by atoms with E-state index in [-0.39, 0.29) is 0 Å². The maximum Gasteiger partial charge on any atom is 0.124 e. The minimum absolute atomic E-state index is 0.741. The second-order valence-corrected chi connectivity index (χ2v) is 11.5. The summed E-state index contributed by atoms with van der Waals surface area (Å²) in [6.07, 6.45) is 1.92. The summed E-state index contributed by atoms with van der Waals surface area (Å²) >= 11 is 0. The maximum absolute atomic E-state index is 5.29. The second-order valence-electron chi connectivity index (χ2n) is 6.47. The number of rotatable bonds is 6. The van der Waals surface area contributed by atoms with Crippen LogP contribution in [0.25, 0.3) is 0 Å². The van der Waals surface area contributed by atoms with Crippen LogP contribution in [0.3, 0.4) is 0 Å². The summed E-state index contributed by atoms with van der Waals surface area (Å²) in [5.74, 6) is 1.48. The molecule has 0 saturated carbocycles. The molecule has 0 aliphatic carbocycles. The number of hydrogen-bond acceptors (Lipinski definition) is 3. The van der Waals surface area contributed by atoms with Crippen LogP contribution in [0.15, 0.2) is 35.3 Å². The van der Waals surface area contributed by atoms with Gasteiger partial charge in [0.1, 0.15) is 11.5 Å². The molecule has 0 N–H and O–H groups in total. The van der Waals surface area contributed by atoms with E-state index in [0.29, 0.717) is 0 Å². The van der Waals surface area contributed by atoms with Crippen LogP contribution in [0.5, 0.6) is 11.5 Å². The zero-order valence-electron chi connectivity index (χ0n) is 14.9. The number of ether oxygens (including phenoxy) is 2. The van der Waals surface area contributed by atoms with Crippen molar-refractivity contribution in [3.8, 4) is 11.5 Å². The highest BCUT2D eigenvalue weighted by Crippen LogP contribution is 2.27. The standard InChI is InChI=1S/C18H26N2O2Si/c1-7-20-15(8-9-18(20)23(4,5)6)13-19-14-10-16(21-2)12-17(11-14)22-3/h8-13H,7H2,1-6H3/b19-13+. The van der Waals surface area contributed by atoms with E-state index in [9.17, 15) is 0 Å². The molecule has 0 saturated heterocycles. The fourth-order valence-corrected chi connectivity index (χ4v) is 4.29. The van der Waals surface area contributed by atoms with Crippen molar-refractivity contribution in [1.82, 2.24) is 4.57 Å². The van der Waals surface area contributed by atoms with E-state index in [0.717, 1.165) is 29.4 Å². The quantitative estimate of drug-likeness (QED) is 0.596. The van der Waals surface area contributed by atoms with Crippen LogP contribution in [0.1, 0.15) is 12.6 Å². The van der Waals surface area contributed by atoms with Crippen molar-refractivity contribution in [3.05, 3.63) is 36.0 Å². The molecule has 0 spiro atoms. The first-order valence-corrected chi connectivity index (χ1v) is 11.4. The lowest BCUT2D eigenvalue weighted by Gasteiger charge is -2.19. The van der Waals surface area contributed by atoms with Gasteiger partial charge in [0.15, 0.2) is 0 Å². The topological polar surface area (TPSA) is 35.8 Å². The fraction of sp³-hybridized carbons (Fsp3) is 0.389. The number of methoxy groups -OCH3 is 2. The van der Waals surface area contributed by atoms with Crippen LogP contribution in [-0.2, 0) is 6.54 Å². The third-order valence-corrected chi connectivity index (χ3v) is 5.75. The summed E-state index contributed by atoms with van der Waals surface area (Å²) in [4.78, 5) is 4.61. The first-order valence-electron chi connectivity index (χ1n) is 7.86. The van der Waals surface area contributed by atoms with Crippen LogP contribution >= 0.6 is 0 Å². The molecule has 0 radical (unpaired) electrons. The molecule has 23 heavy (non-hydrogen) atoms. The van der Waals surface area contributed by atoms with Gasteiger partial charge in [0.25, 0.3) is 0 Å². The van der Waals surface area contributed by atoms with Gasteiger partial charge in [-0.1, -0.05) is 19.6 Å². The van der Waals surface area contributed by atoms with E-state index >= 15 is 0 Å². The Bertz CT molecular complexity index is 677. The van der Waals surface area contributed by atoms with E-state index in [2.05, 4.69) is 48.3 Å². The van der Waals surface area contributed by atoms with Crippen LogP contribution in [0, 0.1) is 0 Å². The predicted molar refractivity (Wildman–Crippen MR) is 99.9 cm³/mol. The molecule has 4 nitrogen and oxygen atoms in total. The summed E-state index contributed by atoms with van der Waals surface area (Å²) in [6.45, 7) is 10.2. The summed E-state index contributed by atoms with van der Waals surface area (Å²) in [5.41, 5.74) is 1.95. The highest BCUT2D eigenvalue weighted by Gasteiger charge is 2.21. The van der Waals surface area contributed by atoms with Gasteiger partial charge in [-0.25, -0.2) is 0 Å². The van der Waals surface area contributed by atoms with Gasteiger partial charge in [0.05, 0.1) is 39.9 Å². The molecule has 124 valence electrons. The normalized spacial score (nSPS) is 11.9. The van der Waals surface area contributed by atoms with Crippen molar-refractivity contribution < 1.29 is 9.47 Å². The Kier molecular flexibility index (Phi) is 5.31. The molecule has 0 bridgehead atoms. The molecule has 0 amide bonds. The van der Waals surface area contributed by atoms with E-state index in [1.54, 1.807) is 14.2 Å². The number of aromatic nitrogens is 1. The van der Waals surface area contributed by atoms with Crippen LogP contribution in [0.2, 0.25) is 19.6 Å². The largest absolute Gasteiger partial charge is 0.497 e. The van der Waals surface area contributed by atoms with Crippen LogP contribution < -0.4 is 14.8 Å². The van der Waals surface area contributed by atoms with Crippen molar-refractivity contribution in [2.45, 2.75) is 33.1 Å². The lowest BCUT2D eigenvalue weighted by molar-refractivity contribution is 0.394. The van der Waals surface area contributed by atoms with Crippen LogP contribution in [-0.4, -0.2) is 33.1 Å². The molecule has 1 aromatic heterocycles. The Labute approximate surface area is 139 Å². The van der Waals surface area contributed by atoms with Gasteiger partial charge < -0.3 is 14.0 Å². The highest BCUT2D eigenvalue weighted by molar-refractivity contribution is 6.88. The van der Waals surface area contributed by atoms with Gasteiger partial charge in [0.2, 0.25) is 0 Å². The van der Waals surface area contributed by atoms with Crippen molar-refractivity contribution in [2.24, 2.45) is 4.99 Å². The van der Waals surface area contributed by atoms with E-state index in [4.69, 9.17) is 9.47 Å². The Morgan fingerprint density at radius 2 is 1.65 bits per heavy atom. The van der Waals surface area contributed by atoms with Crippen molar-refractivity contribution in [1.29, 1.82) is 0 Å². The molecule has 1 heterocycles. The third-order valence-electron chi connectivity index (χ3n) is 3.78. The minimum Gasteiger partial charge on any atom is -0.497 e. The minimum atomic E-state index is -1.35. The predicted octanol–water partition coefficient (Wildman–Crippen LogP) is 3.82. The lowest BCUT2D eigenvalue weighted by Crippen LogP contribution is -2.43. The molecule has 0 unspecified atom stereocenters. The molecule has 0 aliphatic rings. The van der Waals surface area contributed by atoms with Crippen molar-refractivity contribution >= 4 is 25.3 Å². The smallest absolute Gasteiger partial charge is 0.124 e. The van der Waals surface area contributed by atoms with Crippen molar-refractivity contribution in [2.75, 3.05) is 14.2 Å². The first-order chi connectivity index (χ1) is 10.9. The van der Waals surface area contributed by atoms with E-state index in [1.165, 1.54) is 5.32 Å². The SMILES string of the molecule is CCn1c(/C=N/c2cc(OC)cc(OC)c2)ccc1[Si](C)(C)C. The van der Waals surface area contributed by atoms with Crippen LogP contribution in [0.4, 0.5) is 5.69 Å². The Morgan fingerprint density at radius 1 is 1.04 bits per heavy atom. The molecule has 0 aliphatic heterocycles. The summed E-state index contributed by atoms with van der Waals surface area (Å²) in [7, 11) is 1.93. The Hall–Kier alpha value is -2.01. The van der Waals surface area contributed by atoms with Gasteiger partial charge in [-0.3, -0.25) is 4.99 Å². The van der Waals surface area contributed by atoms with Gasteiger partial charge >= 0.3 is 0 Å². The van der Waals surface area contributed by atoms with Gasteiger partial charge in [-0.05, 0) is 19.1 Å². The van der Waals surface area contributed by atoms with Gasteiger partial charge in [0, 0.05) is 30.1 Å². The number of nitrogens with zero attached hydrogens (tertiary/aromatic N) is 2. The molecule has 1 aromatic carbocycles. The summed E-state index contributed by atoms with van der Waals surface area (Å²) < 4.78 is 12.9. The highest BCUT2D eigenvalue weighted by atomic mass is 28.3. The van der Waals surface area contributed by atoms with E-state index < -0.39 is 8.07 Å². The monoisotopic (exact) mass is 330 g/mol. The molecule has 0 fully saturated rings. The van der Waals surface area contributed by atoms with Crippen molar-refractivity contribution in [3.63, 3.8) is 0 Å². The Morgan fingerprint density at radius 3 is 2.13 bits per heavy atom. The molecular weight excluding hydrogens is 304 g/mol. The number of benzene rings is 1. The molecule has 2 aromatic rings. The summed E-state index contributed by atoms with van der Waals surface area (Å²) in [5, 5.41) is 1.45. The number of hydrogen-bond donors (Lipinski definition) is 0. The third kappa shape index (κ3) is 4.04. The molecular formula is C18H26N2O2Si. The van der Waals surface area contributed by atoms with Gasteiger partial charge in [-0.15, -0.1) is 0 Å². The second kappa shape index (κ2) is 7.04. The zero-order valence-corrected chi connectivity index (χ0v) is 15.9.